The van der Waals surface area contributed by atoms with Crippen LogP contribution in [0.15, 0.2) is 18.2 Å². The average Bonchev–Trinajstić information content (AvgIpc) is 3.08. The number of anilines is 1. The summed E-state index contributed by atoms with van der Waals surface area (Å²) in [7, 11) is 0. The van der Waals surface area contributed by atoms with Crippen molar-refractivity contribution >= 4 is 11.8 Å². The molecule has 1 aromatic carbocycles. The Kier molecular flexibility index (Phi) is 3.85. The quantitative estimate of drug-likeness (QED) is 0.805. The van der Waals surface area contributed by atoms with Crippen molar-refractivity contribution in [2.75, 3.05) is 5.43 Å². The molecule has 2 nitrogen and oxygen atoms in total. The summed E-state index contributed by atoms with van der Waals surface area (Å²) in [5.41, 5.74) is 11.6. The molecule has 0 amide bonds. The highest BCUT2D eigenvalue weighted by Gasteiger charge is 2.17. The minimum Gasteiger partial charge on any atom is -0.321 e. The molecule has 0 aromatic heterocycles. The van der Waals surface area contributed by atoms with Crippen molar-refractivity contribution in [3.05, 3.63) is 34.9 Å². The minimum atomic E-state index is 0.855. The lowest BCUT2D eigenvalue weighted by molar-refractivity contribution is 0.860. The summed E-state index contributed by atoms with van der Waals surface area (Å²) in [5, 5.41) is 0. The van der Waals surface area contributed by atoms with Gasteiger partial charge < -0.3 is 5.43 Å². The lowest BCUT2D eigenvalue weighted by Gasteiger charge is -2.04. The Morgan fingerprint density at radius 2 is 2.00 bits per heavy atom. The zero-order valence-electron chi connectivity index (χ0n) is 11.0. The summed E-state index contributed by atoms with van der Waals surface area (Å²) in [5.74, 6) is 0.855. The molecule has 2 aliphatic rings. The second kappa shape index (κ2) is 5.37. The van der Waals surface area contributed by atoms with E-state index in [1.807, 2.05) is 13.8 Å². The summed E-state index contributed by atoms with van der Waals surface area (Å²) >= 11 is 0. The van der Waals surface area contributed by atoms with Crippen molar-refractivity contribution < 1.29 is 0 Å². The van der Waals surface area contributed by atoms with Gasteiger partial charge in [0.1, 0.15) is 0 Å². The maximum absolute atomic E-state index is 3.17. The fraction of sp³-hybridized carbons (Fsp3) is 0.467. The molecule has 1 fully saturated rings. The van der Waals surface area contributed by atoms with Crippen LogP contribution in [0.25, 0.3) is 6.08 Å². The molecule has 17 heavy (non-hydrogen) atoms. The molecule has 2 heteroatoms. The van der Waals surface area contributed by atoms with Gasteiger partial charge in [0.05, 0.1) is 5.69 Å². The first-order valence-corrected chi connectivity index (χ1v) is 6.63. The van der Waals surface area contributed by atoms with E-state index < -0.39 is 0 Å². The van der Waals surface area contributed by atoms with Crippen molar-refractivity contribution in [2.24, 2.45) is 5.92 Å². The Morgan fingerprint density at radius 3 is 2.71 bits per heavy atom. The molecule has 1 aliphatic heterocycles. The van der Waals surface area contributed by atoms with Gasteiger partial charge in [-0.1, -0.05) is 26.0 Å². The van der Waals surface area contributed by atoms with Crippen molar-refractivity contribution in [3.63, 3.8) is 0 Å². The van der Waals surface area contributed by atoms with Crippen LogP contribution in [-0.2, 0) is 6.54 Å². The van der Waals surface area contributed by atoms with E-state index in [1.54, 1.807) is 0 Å². The van der Waals surface area contributed by atoms with Gasteiger partial charge in [-0.05, 0) is 54.5 Å². The SMILES string of the molecule is CC.Cc1cc2c(cc1/C=C\C1CC1)CNN2. The molecule has 1 heterocycles. The summed E-state index contributed by atoms with van der Waals surface area (Å²) in [6.07, 6.45) is 7.39. The fourth-order valence-electron chi connectivity index (χ4n) is 1.98. The van der Waals surface area contributed by atoms with E-state index in [9.17, 15) is 0 Å². The van der Waals surface area contributed by atoms with Crippen LogP contribution in [0.1, 0.15) is 43.4 Å². The predicted molar refractivity (Wildman–Crippen MR) is 74.7 cm³/mol. The first kappa shape index (κ1) is 12.2. The van der Waals surface area contributed by atoms with Gasteiger partial charge in [0.15, 0.2) is 0 Å². The first-order valence-electron chi connectivity index (χ1n) is 6.63. The highest BCUT2D eigenvalue weighted by molar-refractivity contribution is 5.64. The molecule has 0 radical (unpaired) electrons. The van der Waals surface area contributed by atoms with Gasteiger partial charge in [-0.15, -0.1) is 0 Å². The van der Waals surface area contributed by atoms with Gasteiger partial charge in [-0.25, -0.2) is 5.43 Å². The van der Waals surface area contributed by atoms with E-state index in [2.05, 4.69) is 42.1 Å². The van der Waals surface area contributed by atoms with Gasteiger partial charge in [0.25, 0.3) is 0 Å². The van der Waals surface area contributed by atoms with Gasteiger partial charge in [-0.2, -0.15) is 0 Å². The van der Waals surface area contributed by atoms with Crippen LogP contribution in [0.3, 0.4) is 0 Å². The van der Waals surface area contributed by atoms with E-state index in [1.165, 1.54) is 35.2 Å². The smallest absolute Gasteiger partial charge is 0.0536 e. The number of aryl methyl sites for hydroxylation is 1. The summed E-state index contributed by atoms with van der Waals surface area (Å²) in [4.78, 5) is 0. The van der Waals surface area contributed by atoms with Crippen LogP contribution in [0, 0.1) is 12.8 Å². The predicted octanol–water partition coefficient (Wildman–Crippen LogP) is 3.87. The van der Waals surface area contributed by atoms with Crippen molar-refractivity contribution in [2.45, 2.75) is 40.2 Å². The third-order valence-corrected chi connectivity index (χ3v) is 3.16. The number of allylic oxidation sites excluding steroid dienone is 1. The average molecular weight is 230 g/mol. The van der Waals surface area contributed by atoms with Crippen LogP contribution in [-0.4, -0.2) is 0 Å². The molecular formula is C15H22N2. The largest absolute Gasteiger partial charge is 0.321 e. The monoisotopic (exact) mass is 230 g/mol. The van der Waals surface area contributed by atoms with Crippen LogP contribution < -0.4 is 10.9 Å². The van der Waals surface area contributed by atoms with Crippen molar-refractivity contribution in [1.82, 2.24) is 5.43 Å². The number of hydrazine groups is 1. The molecule has 1 aromatic rings. The number of nitrogens with one attached hydrogen (secondary N) is 2. The number of benzene rings is 1. The zero-order chi connectivity index (χ0) is 12.3. The highest BCUT2D eigenvalue weighted by atomic mass is 15.4. The maximum atomic E-state index is 3.17. The normalized spacial score (nSPS) is 17.4. The zero-order valence-corrected chi connectivity index (χ0v) is 11.0. The van der Waals surface area contributed by atoms with Gasteiger partial charge in [0, 0.05) is 6.54 Å². The van der Waals surface area contributed by atoms with Crippen molar-refractivity contribution in [3.8, 4) is 0 Å². The van der Waals surface area contributed by atoms with Gasteiger partial charge in [0.2, 0.25) is 0 Å². The molecule has 1 aliphatic carbocycles. The molecule has 2 N–H and O–H groups in total. The number of hydrogen-bond donors (Lipinski definition) is 2. The van der Waals surface area contributed by atoms with Gasteiger partial charge >= 0.3 is 0 Å². The van der Waals surface area contributed by atoms with Crippen LogP contribution in [0.2, 0.25) is 0 Å². The summed E-state index contributed by atoms with van der Waals surface area (Å²) < 4.78 is 0. The lowest BCUT2D eigenvalue weighted by Crippen LogP contribution is -2.10. The minimum absolute atomic E-state index is 0.855. The Hall–Kier alpha value is -1.28. The molecule has 0 saturated heterocycles. The third-order valence-electron chi connectivity index (χ3n) is 3.16. The number of fused-ring (bicyclic) bond motifs is 1. The summed E-state index contributed by atoms with van der Waals surface area (Å²) in [6.45, 7) is 7.10. The standard InChI is InChI=1S/C13H16N2.C2H6/c1-9-6-13-12(8-14-15-13)7-11(9)5-4-10-2-3-10;1-2/h4-7,10,14-15H,2-3,8H2,1H3;1-2H3/b5-4-;. The fourth-order valence-corrected chi connectivity index (χ4v) is 1.98. The van der Waals surface area contributed by atoms with E-state index in [4.69, 9.17) is 0 Å². The molecule has 3 rings (SSSR count). The van der Waals surface area contributed by atoms with E-state index in [0.717, 1.165) is 12.5 Å². The number of hydrogen-bond acceptors (Lipinski definition) is 2. The third kappa shape index (κ3) is 2.89. The van der Waals surface area contributed by atoms with E-state index in [-0.39, 0.29) is 0 Å². The molecule has 0 unspecified atom stereocenters. The Morgan fingerprint density at radius 1 is 1.24 bits per heavy atom. The topological polar surface area (TPSA) is 24.1 Å². The molecule has 92 valence electrons. The summed E-state index contributed by atoms with van der Waals surface area (Å²) in [6, 6.07) is 4.51. The Balaban J connectivity index is 0.000000514. The van der Waals surface area contributed by atoms with Crippen molar-refractivity contribution in [1.29, 1.82) is 0 Å². The maximum Gasteiger partial charge on any atom is 0.0536 e. The second-order valence-corrected chi connectivity index (χ2v) is 4.54. The Bertz CT molecular complexity index is 417. The molecule has 0 spiro atoms. The van der Waals surface area contributed by atoms with Gasteiger partial charge in [-0.3, -0.25) is 0 Å². The number of rotatable bonds is 2. The second-order valence-electron chi connectivity index (χ2n) is 4.54. The molecule has 0 bridgehead atoms. The van der Waals surface area contributed by atoms with E-state index >= 15 is 0 Å². The highest BCUT2D eigenvalue weighted by Crippen LogP contribution is 2.32. The van der Waals surface area contributed by atoms with Crippen LogP contribution in [0.5, 0.6) is 0 Å². The van der Waals surface area contributed by atoms with E-state index in [0.29, 0.717) is 0 Å². The van der Waals surface area contributed by atoms with Crippen LogP contribution in [0.4, 0.5) is 5.69 Å². The Labute approximate surface area is 104 Å². The molecular weight excluding hydrogens is 208 g/mol. The lowest BCUT2D eigenvalue weighted by atomic mass is 10.0. The molecule has 0 atom stereocenters. The first-order chi connectivity index (χ1) is 8.33. The molecule has 1 saturated carbocycles. The van der Waals surface area contributed by atoms with Crippen LogP contribution >= 0.6 is 0 Å².